The number of rotatable bonds is 6. The number of hydrogen-bond donors (Lipinski definition) is 2. The molecule has 1 aromatic carbocycles. The molecule has 6 nitrogen and oxygen atoms in total. The van der Waals surface area contributed by atoms with Crippen LogP contribution in [0.5, 0.6) is 0 Å². The summed E-state index contributed by atoms with van der Waals surface area (Å²) in [6.07, 6.45) is 1.41. The SMILES string of the molecule is O=C(Cc1csc(-c2ccco2)n1)N[C@H](C(=O)O)c1ccccc1F. The Morgan fingerprint density at radius 1 is 1.28 bits per heavy atom. The zero-order valence-corrected chi connectivity index (χ0v) is 13.6. The molecule has 2 N–H and O–H groups in total. The smallest absolute Gasteiger partial charge is 0.331 e. The normalized spacial score (nSPS) is 11.9. The van der Waals surface area contributed by atoms with Crippen molar-refractivity contribution in [1.82, 2.24) is 10.3 Å². The van der Waals surface area contributed by atoms with Crippen LogP contribution in [-0.4, -0.2) is 22.0 Å². The van der Waals surface area contributed by atoms with E-state index in [1.807, 2.05) is 0 Å². The van der Waals surface area contributed by atoms with E-state index in [1.165, 1.54) is 35.8 Å². The van der Waals surface area contributed by atoms with Crippen molar-refractivity contribution in [3.8, 4) is 10.8 Å². The van der Waals surface area contributed by atoms with E-state index in [0.717, 1.165) is 6.07 Å². The minimum Gasteiger partial charge on any atom is -0.479 e. The third kappa shape index (κ3) is 3.92. The van der Waals surface area contributed by atoms with Gasteiger partial charge in [-0.3, -0.25) is 4.79 Å². The zero-order valence-electron chi connectivity index (χ0n) is 12.8. The summed E-state index contributed by atoms with van der Waals surface area (Å²) in [6.45, 7) is 0. The fourth-order valence-corrected chi connectivity index (χ4v) is 3.05. The third-order valence-corrected chi connectivity index (χ3v) is 4.30. The van der Waals surface area contributed by atoms with Crippen molar-refractivity contribution in [2.45, 2.75) is 12.5 Å². The van der Waals surface area contributed by atoms with Crippen LogP contribution >= 0.6 is 11.3 Å². The van der Waals surface area contributed by atoms with E-state index >= 15 is 0 Å². The molecule has 0 spiro atoms. The zero-order chi connectivity index (χ0) is 17.8. The molecule has 3 rings (SSSR count). The Labute approximate surface area is 145 Å². The van der Waals surface area contributed by atoms with Crippen molar-refractivity contribution in [3.05, 3.63) is 65.1 Å². The predicted molar refractivity (Wildman–Crippen MR) is 88.4 cm³/mol. The molecular weight excluding hydrogens is 347 g/mol. The topological polar surface area (TPSA) is 92.4 Å². The number of nitrogens with zero attached hydrogens (tertiary/aromatic N) is 1. The van der Waals surface area contributed by atoms with Crippen molar-refractivity contribution in [3.63, 3.8) is 0 Å². The number of carboxylic acids is 1. The van der Waals surface area contributed by atoms with Crippen molar-refractivity contribution >= 4 is 23.2 Å². The summed E-state index contributed by atoms with van der Waals surface area (Å²) < 4.78 is 19.0. The summed E-state index contributed by atoms with van der Waals surface area (Å²) in [4.78, 5) is 27.8. The van der Waals surface area contributed by atoms with Crippen LogP contribution in [0.25, 0.3) is 10.8 Å². The third-order valence-electron chi connectivity index (χ3n) is 3.39. The average molecular weight is 360 g/mol. The first-order valence-corrected chi connectivity index (χ1v) is 8.17. The van der Waals surface area contributed by atoms with Crippen LogP contribution in [0, 0.1) is 5.82 Å². The summed E-state index contributed by atoms with van der Waals surface area (Å²) in [6, 6.07) is 7.45. The Bertz CT molecular complexity index is 892. The number of carboxylic acid groups (broad SMARTS) is 1. The Balaban J connectivity index is 1.70. The van der Waals surface area contributed by atoms with E-state index in [4.69, 9.17) is 4.42 Å². The molecule has 0 aliphatic rings. The fourth-order valence-electron chi connectivity index (χ4n) is 2.26. The molecule has 2 aromatic heterocycles. The van der Waals surface area contributed by atoms with Crippen LogP contribution in [0.4, 0.5) is 4.39 Å². The fraction of sp³-hybridized carbons (Fsp3) is 0.118. The second kappa shape index (κ2) is 7.27. The Kier molecular flexibility index (Phi) is 4.90. The monoisotopic (exact) mass is 360 g/mol. The molecule has 0 aliphatic heterocycles. The molecule has 0 aliphatic carbocycles. The lowest BCUT2D eigenvalue weighted by Gasteiger charge is -2.15. The van der Waals surface area contributed by atoms with E-state index in [0.29, 0.717) is 16.5 Å². The number of aromatic nitrogens is 1. The summed E-state index contributed by atoms with van der Waals surface area (Å²) in [5.74, 6) is -2.00. The van der Waals surface area contributed by atoms with Gasteiger partial charge < -0.3 is 14.8 Å². The molecule has 0 saturated heterocycles. The molecule has 2 heterocycles. The van der Waals surface area contributed by atoms with Gasteiger partial charge in [0.25, 0.3) is 0 Å². The molecule has 8 heteroatoms. The number of furan rings is 1. The number of halogens is 1. The number of amides is 1. The summed E-state index contributed by atoms with van der Waals surface area (Å²) >= 11 is 1.31. The van der Waals surface area contributed by atoms with E-state index in [9.17, 15) is 19.1 Å². The second-order valence-electron chi connectivity index (χ2n) is 5.16. The molecule has 0 saturated carbocycles. The first kappa shape index (κ1) is 16.8. The van der Waals surface area contributed by atoms with Gasteiger partial charge in [-0.25, -0.2) is 14.2 Å². The van der Waals surface area contributed by atoms with Gasteiger partial charge in [0, 0.05) is 10.9 Å². The Morgan fingerprint density at radius 2 is 2.08 bits per heavy atom. The number of carbonyl (C=O) groups excluding carboxylic acids is 1. The number of benzene rings is 1. The first-order valence-electron chi connectivity index (χ1n) is 7.29. The molecule has 0 bridgehead atoms. The molecule has 128 valence electrons. The molecule has 1 amide bonds. The van der Waals surface area contributed by atoms with Crippen LogP contribution < -0.4 is 5.32 Å². The summed E-state index contributed by atoms with van der Waals surface area (Å²) in [5.41, 5.74) is 0.379. The molecule has 0 fully saturated rings. The van der Waals surface area contributed by atoms with Crippen LogP contribution in [0.3, 0.4) is 0 Å². The second-order valence-corrected chi connectivity index (χ2v) is 6.02. The number of nitrogens with one attached hydrogen (secondary N) is 1. The van der Waals surface area contributed by atoms with E-state index in [-0.39, 0.29) is 12.0 Å². The lowest BCUT2D eigenvalue weighted by Crippen LogP contribution is -2.35. The van der Waals surface area contributed by atoms with Crippen LogP contribution in [0.1, 0.15) is 17.3 Å². The Hall–Kier alpha value is -3.00. The van der Waals surface area contributed by atoms with Gasteiger partial charge in [0.1, 0.15) is 5.82 Å². The molecule has 0 radical (unpaired) electrons. The highest BCUT2D eigenvalue weighted by Crippen LogP contribution is 2.24. The maximum Gasteiger partial charge on any atom is 0.331 e. The van der Waals surface area contributed by atoms with Crippen molar-refractivity contribution in [2.24, 2.45) is 0 Å². The Morgan fingerprint density at radius 3 is 2.76 bits per heavy atom. The molecule has 0 unspecified atom stereocenters. The summed E-state index contributed by atoms with van der Waals surface area (Å²) in [7, 11) is 0. The van der Waals surface area contributed by atoms with Gasteiger partial charge in [-0.05, 0) is 18.2 Å². The molecule has 1 atom stereocenters. The maximum absolute atomic E-state index is 13.8. The van der Waals surface area contributed by atoms with Gasteiger partial charge in [-0.1, -0.05) is 18.2 Å². The van der Waals surface area contributed by atoms with E-state index in [2.05, 4.69) is 10.3 Å². The first-order chi connectivity index (χ1) is 12.0. The van der Waals surface area contributed by atoms with Crippen LogP contribution in [0.2, 0.25) is 0 Å². The molecular formula is C17H13FN2O4S. The minimum atomic E-state index is -1.46. The quantitative estimate of drug-likeness (QED) is 0.705. The molecule has 3 aromatic rings. The van der Waals surface area contributed by atoms with Gasteiger partial charge in [0.15, 0.2) is 16.8 Å². The van der Waals surface area contributed by atoms with Crippen molar-refractivity contribution < 1.29 is 23.5 Å². The number of aliphatic carboxylic acids is 1. The lowest BCUT2D eigenvalue weighted by molar-refractivity contribution is -0.142. The molecule has 25 heavy (non-hydrogen) atoms. The van der Waals surface area contributed by atoms with E-state index < -0.39 is 23.7 Å². The van der Waals surface area contributed by atoms with Gasteiger partial charge in [0.2, 0.25) is 5.91 Å². The van der Waals surface area contributed by atoms with Gasteiger partial charge in [-0.2, -0.15) is 0 Å². The van der Waals surface area contributed by atoms with Gasteiger partial charge >= 0.3 is 5.97 Å². The number of hydrogen-bond acceptors (Lipinski definition) is 5. The van der Waals surface area contributed by atoms with Crippen molar-refractivity contribution in [1.29, 1.82) is 0 Å². The lowest BCUT2D eigenvalue weighted by atomic mass is 10.1. The highest BCUT2D eigenvalue weighted by Gasteiger charge is 2.25. The van der Waals surface area contributed by atoms with Gasteiger partial charge in [0.05, 0.1) is 18.4 Å². The standard InChI is InChI=1S/C17H13FN2O4S/c18-12-5-2-1-4-11(12)15(17(22)23)20-14(21)8-10-9-25-16(19-10)13-6-3-7-24-13/h1-7,9,15H,8H2,(H,20,21)(H,22,23)/t15-/m0/s1. The van der Waals surface area contributed by atoms with Crippen LogP contribution in [-0.2, 0) is 16.0 Å². The minimum absolute atomic E-state index is 0.0992. The van der Waals surface area contributed by atoms with Crippen LogP contribution in [0.15, 0.2) is 52.5 Å². The largest absolute Gasteiger partial charge is 0.479 e. The highest BCUT2D eigenvalue weighted by molar-refractivity contribution is 7.13. The number of carbonyl (C=O) groups is 2. The number of thiazole rings is 1. The van der Waals surface area contributed by atoms with E-state index in [1.54, 1.807) is 17.5 Å². The predicted octanol–water partition coefficient (Wildman–Crippen LogP) is 3.03. The van der Waals surface area contributed by atoms with Crippen molar-refractivity contribution in [2.75, 3.05) is 0 Å². The van der Waals surface area contributed by atoms with Gasteiger partial charge in [-0.15, -0.1) is 11.3 Å². The average Bonchev–Trinajstić information content (AvgIpc) is 3.24. The highest BCUT2D eigenvalue weighted by atomic mass is 32.1. The summed E-state index contributed by atoms with van der Waals surface area (Å²) in [5, 5.41) is 13.9. The maximum atomic E-state index is 13.8.